The topological polar surface area (TPSA) is 35.5 Å². The second kappa shape index (κ2) is 6.05. The summed E-state index contributed by atoms with van der Waals surface area (Å²) in [5.74, 6) is 1.21. The van der Waals surface area contributed by atoms with Gasteiger partial charge in [-0.1, -0.05) is 35.4 Å². The molecular formula is C16H16O3. The van der Waals surface area contributed by atoms with Gasteiger partial charge in [-0.05, 0) is 38.1 Å². The molecule has 0 saturated heterocycles. The normalized spacial score (nSPS) is 10.3. The second-order valence-electron chi connectivity index (χ2n) is 4.37. The van der Waals surface area contributed by atoms with E-state index in [9.17, 15) is 4.79 Å². The fourth-order valence-electron chi connectivity index (χ4n) is 1.58. The molecule has 0 unspecified atom stereocenters. The first-order chi connectivity index (χ1) is 9.17. The Bertz CT molecular complexity index is 481. The monoisotopic (exact) mass is 256 g/mol. The first kappa shape index (κ1) is 13.1. The maximum absolute atomic E-state index is 11.0. The summed E-state index contributed by atoms with van der Waals surface area (Å²) in [5.41, 5.74) is 2.27. The van der Waals surface area contributed by atoms with Crippen molar-refractivity contribution in [3.8, 4) is 11.5 Å². The first-order valence-corrected chi connectivity index (χ1v) is 6.09. The van der Waals surface area contributed by atoms with Gasteiger partial charge in [-0.3, -0.25) is 4.79 Å². The Hall–Kier alpha value is -2.29. The molecule has 0 spiro atoms. The molecule has 98 valence electrons. The zero-order valence-electron chi connectivity index (χ0n) is 11.0. The maximum Gasteiger partial charge on any atom is 0.297 e. The van der Waals surface area contributed by atoms with E-state index in [-0.39, 0.29) is 0 Å². The summed E-state index contributed by atoms with van der Waals surface area (Å²) < 4.78 is 10.9. The lowest BCUT2D eigenvalue weighted by Gasteiger charge is -2.15. The van der Waals surface area contributed by atoms with E-state index < -0.39 is 6.29 Å². The number of carbonyl (C=O) groups is 1. The number of hydrogen-bond acceptors (Lipinski definition) is 3. The molecule has 0 heterocycles. The van der Waals surface area contributed by atoms with Crippen LogP contribution in [0.25, 0.3) is 0 Å². The van der Waals surface area contributed by atoms with Crippen LogP contribution in [0, 0.1) is 13.8 Å². The smallest absolute Gasteiger partial charge is 0.297 e. The Balaban J connectivity index is 2.02. The van der Waals surface area contributed by atoms with E-state index in [1.165, 1.54) is 0 Å². The number of hydrogen-bond donors (Lipinski definition) is 0. The Kier molecular flexibility index (Phi) is 4.18. The van der Waals surface area contributed by atoms with Crippen LogP contribution in [0.5, 0.6) is 11.5 Å². The number of aldehydes is 1. The lowest BCUT2D eigenvalue weighted by Crippen LogP contribution is -2.25. The van der Waals surface area contributed by atoms with E-state index in [2.05, 4.69) is 0 Å². The molecule has 2 aromatic rings. The van der Waals surface area contributed by atoms with E-state index in [0.29, 0.717) is 17.8 Å². The maximum atomic E-state index is 11.0. The molecule has 0 aliphatic carbocycles. The summed E-state index contributed by atoms with van der Waals surface area (Å²) in [4.78, 5) is 11.0. The van der Waals surface area contributed by atoms with Crippen molar-refractivity contribution < 1.29 is 14.3 Å². The Labute approximate surface area is 112 Å². The van der Waals surface area contributed by atoms with Crippen LogP contribution in [0.2, 0.25) is 0 Å². The summed E-state index contributed by atoms with van der Waals surface area (Å²) in [6.07, 6.45) is -0.301. The van der Waals surface area contributed by atoms with Crippen LogP contribution < -0.4 is 9.47 Å². The highest BCUT2D eigenvalue weighted by Gasteiger charge is 2.10. The number of ether oxygens (including phenoxy) is 2. The Morgan fingerprint density at radius 2 is 1.16 bits per heavy atom. The van der Waals surface area contributed by atoms with Crippen molar-refractivity contribution in [2.75, 3.05) is 0 Å². The van der Waals surface area contributed by atoms with Gasteiger partial charge in [-0.2, -0.15) is 0 Å². The van der Waals surface area contributed by atoms with Crippen molar-refractivity contribution in [3.05, 3.63) is 59.7 Å². The highest BCUT2D eigenvalue weighted by atomic mass is 16.7. The van der Waals surface area contributed by atoms with Crippen molar-refractivity contribution in [3.63, 3.8) is 0 Å². The molecule has 0 amide bonds. The third-order valence-electron chi connectivity index (χ3n) is 2.66. The minimum Gasteiger partial charge on any atom is -0.448 e. The van der Waals surface area contributed by atoms with Gasteiger partial charge >= 0.3 is 0 Å². The second-order valence-corrected chi connectivity index (χ2v) is 4.37. The Morgan fingerprint density at radius 3 is 1.47 bits per heavy atom. The molecule has 0 aromatic heterocycles. The average molecular weight is 256 g/mol. The van der Waals surface area contributed by atoms with Gasteiger partial charge in [-0.25, -0.2) is 0 Å². The van der Waals surface area contributed by atoms with Crippen LogP contribution in [-0.2, 0) is 4.79 Å². The van der Waals surface area contributed by atoms with Crippen molar-refractivity contribution in [2.45, 2.75) is 20.1 Å². The van der Waals surface area contributed by atoms with Gasteiger partial charge < -0.3 is 9.47 Å². The van der Waals surface area contributed by atoms with Crippen LogP contribution in [0.1, 0.15) is 11.1 Å². The molecule has 0 saturated carbocycles. The summed E-state index contributed by atoms with van der Waals surface area (Å²) in [6, 6.07) is 14.9. The van der Waals surface area contributed by atoms with Crippen molar-refractivity contribution in [1.29, 1.82) is 0 Å². The molecule has 0 aliphatic heterocycles. The molecule has 0 radical (unpaired) electrons. The number of benzene rings is 2. The molecule has 2 rings (SSSR count). The highest BCUT2D eigenvalue weighted by Crippen LogP contribution is 2.16. The Morgan fingerprint density at radius 1 is 0.789 bits per heavy atom. The molecule has 3 heteroatoms. The van der Waals surface area contributed by atoms with Gasteiger partial charge in [0.25, 0.3) is 6.29 Å². The minimum atomic E-state index is -0.939. The fourth-order valence-corrected chi connectivity index (χ4v) is 1.58. The van der Waals surface area contributed by atoms with Crippen LogP contribution >= 0.6 is 0 Å². The van der Waals surface area contributed by atoms with E-state index in [1.54, 1.807) is 0 Å². The molecule has 19 heavy (non-hydrogen) atoms. The molecule has 3 nitrogen and oxygen atoms in total. The molecule has 2 aromatic carbocycles. The van der Waals surface area contributed by atoms with Crippen molar-refractivity contribution >= 4 is 6.29 Å². The number of carbonyl (C=O) groups excluding carboxylic acids is 1. The largest absolute Gasteiger partial charge is 0.448 e. The highest BCUT2D eigenvalue weighted by molar-refractivity contribution is 5.55. The zero-order valence-corrected chi connectivity index (χ0v) is 11.0. The average Bonchev–Trinajstić information content (AvgIpc) is 2.43. The van der Waals surface area contributed by atoms with Gasteiger partial charge in [0.15, 0.2) is 0 Å². The predicted octanol–water partition coefficient (Wildman–Crippen LogP) is 3.29. The molecule has 0 fully saturated rings. The lowest BCUT2D eigenvalue weighted by molar-refractivity contribution is -0.124. The van der Waals surface area contributed by atoms with E-state index in [0.717, 1.165) is 11.1 Å². The van der Waals surface area contributed by atoms with Crippen LogP contribution in [0.15, 0.2) is 48.5 Å². The number of rotatable bonds is 5. The summed E-state index contributed by atoms with van der Waals surface area (Å²) in [7, 11) is 0. The van der Waals surface area contributed by atoms with E-state index in [4.69, 9.17) is 9.47 Å². The van der Waals surface area contributed by atoms with Crippen LogP contribution in [0.3, 0.4) is 0 Å². The van der Waals surface area contributed by atoms with Crippen molar-refractivity contribution in [2.24, 2.45) is 0 Å². The zero-order chi connectivity index (χ0) is 13.7. The minimum absolute atomic E-state index is 0.606. The molecule has 0 bridgehead atoms. The van der Waals surface area contributed by atoms with Gasteiger partial charge in [0, 0.05) is 0 Å². The van der Waals surface area contributed by atoms with Crippen molar-refractivity contribution in [1.82, 2.24) is 0 Å². The number of aryl methyl sites for hydroxylation is 2. The molecular weight excluding hydrogens is 240 g/mol. The van der Waals surface area contributed by atoms with Gasteiger partial charge in [-0.15, -0.1) is 0 Å². The van der Waals surface area contributed by atoms with E-state index >= 15 is 0 Å². The lowest BCUT2D eigenvalue weighted by atomic mass is 10.2. The summed E-state index contributed by atoms with van der Waals surface area (Å²) >= 11 is 0. The quantitative estimate of drug-likeness (QED) is 0.608. The third-order valence-corrected chi connectivity index (χ3v) is 2.66. The standard InChI is InChI=1S/C16H16O3/c1-12-3-7-14(8-4-12)18-16(11-17)19-15-9-5-13(2)6-10-15/h3-11,16H,1-2H3. The first-order valence-electron chi connectivity index (χ1n) is 6.09. The SMILES string of the molecule is Cc1ccc(OC(C=O)Oc2ccc(C)cc2)cc1. The predicted molar refractivity (Wildman–Crippen MR) is 73.5 cm³/mol. The summed E-state index contributed by atoms with van der Waals surface area (Å²) in [6.45, 7) is 3.98. The summed E-state index contributed by atoms with van der Waals surface area (Å²) in [5, 5.41) is 0. The van der Waals surface area contributed by atoms with Crippen LogP contribution in [0.4, 0.5) is 0 Å². The van der Waals surface area contributed by atoms with Crippen LogP contribution in [-0.4, -0.2) is 12.6 Å². The molecule has 0 N–H and O–H groups in total. The molecule has 0 aliphatic rings. The van der Waals surface area contributed by atoms with Gasteiger partial charge in [0.1, 0.15) is 11.5 Å². The van der Waals surface area contributed by atoms with Gasteiger partial charge in [0.2, 0.25) is 6.29 Å². The van der Waals surface area contributed by atoms with Gasteiger partial charge in [0.05, 0.1) is 0 Å². The molecule has 0 atom stereocenters. The fraction of sp³-hybridized carbons (Fsp3) is 0.188. The third kappa shape index (κ3) is 3.85. The van der Waals surface area contributed by atoms with E-state index in [1.807, 2.05) is 62.4 Å².